The molecule has 18 heteroatoms. The zero-order chi connectivity index (χ0) is 37.0. The molecule has 6 nitrogen and oxygen atoms in total. The maximum atomic E-state index is 16.4. The van der Waals surface area contributed by atoms with Gasteiger partial charge in [-0.15, -0.1) is 26.3 Å². The van der Waals surface area contributed by atoms with Gasteiger partial charge >= 0.3 is 18.5 Å². The van der Waals surface area contributed by atoms with E-state index in [4.69, 9.17) is 13.1 Å². The van der Waals surface area contributed by atoms with E-state index in [0.717, 1.165) is 0 Å². The Balaban J connectivity index is 2.03. The quantitative estimate of drug-likeness (QED) is 0.156. The van der Waals surface area contributed by atoms with Crippen molar-refractivity contribution in [3.05, 3.63) is 114 Å². The van der Waals surface area contributed by atoms with Gasteiger partial charge in [0.1, 0.15) is 42.5 Å². The van der Waals surface area contributed by atoms with Gasteiger partial charge in [0.25, 0.3) is 0 Å². The maximum absolute atomic E-state index is 16.4. The molecule has 0 saturated carbocycles. The first-order chi connectivity index (χ1) is 23.3. The van der Waals surface area contributed by atoms with Crippen molar-refractivity contribution in [2.24, 2.45) is 0 Å². The van der Waals surface area contributed by atoms with Gasteiger partial charge < -0.3 is 9.47 Å². The second kappa shape index (κ2) is 12.2. The molecule has 0 aliphatic heterocycles. The molecule has 50 heavy (non-hydrogen) atoms. The average Bonchev–Trinajstić information content (AvgIpc) is 3.52. The van der Waals surface area contributed by atoms with E-state index < -0.39 is 138 Å². The summed E-state index contributed by atoms with van der Waals surface area (Å²) in [5.74, 6) is -15.8. The lowest BCUT2D eigenvalue weighted by Crippen LogP contribution is -2.25. The molecule has 0 unspecified atom stereocenters. The number of allylic oxidation sites excluding steroid dienone is 3. The van der Waals surface area contributed by atoms with Crippen LogP contribution in [-0.2, 0) is 12.8 Å². The van der Waals surface area contributed by atoms with Gasteiger partial charge in [-0.2, -0.15) is 20.2 Å². The number of alkyl halides is 6. The summed E-state index contributed by atoms with van der Waals surface area (Å²) in [6.07, 6.45) is -12.9. The number of hydrogen-bond acceptors (Lipinski definition) is 4. The fraction of sp³-hybridized carbons (Fsp3) is 0.125. The number of hydrogen-bond donors (Lipinski definition) is 0. The minimum absolute atomic E-state index is 0.233. The monoisotopic (exact) mass is 708 g/mol. The summed E-state index contributed by atoms with van der Waals surface area (Å²) in [5.41, 5.74) is -6.46. The van der Waals surface area contributed by atoms with Crippen LogP contribution in [0.3, 0.4) is 0 Å². The molecule has 0 saturated heterocycles. The molecular weight excluding hydrogens is 700 g/mol. The van der Waals surface area contributed by atoms with Crippen LogP contribution in [-0.4, -0.2) is 12.7 Å². The second-order valence-electron chi connectivity index (χ2n) is 10.2. The summed E-state index contributed by atoms with van der Waals surface area (Å²) in [7, 11) is 0. The van der Waals surface area contributed by atoms with E-state index in [1.165, 1.54) is 12.1 Å². The van der Waals surface area contributed by atoms with Crippen LogP contribution in [0, 0.1) is 59.1 Å². The average molecular weight is 708 g/mol. The Morgan fingerprint density at radius 3 is 1.28 bits per heavy atom. The van der Waals surface area contributed by atoms with Crippen molar-refractivity contribution < 1.29 is 62.2 Å². The van der Waals surface area contributed by atoms with Crippen molar-refractivity contribution in [3.63, 3.8) is 0 Å². The Morgan fingerprint density at radius 1 is 0.620 bits per heavy atom. The smallest absolute Gasteiger partial charge is 0.399 e. The van der Waals surface area contributed by atoms with E-state index in [1.807, 2.05) is 0 Å². The van der Waals surface area contributed by atoms with E-state index in [9.17, 15) is 36.9 Å². The first-order valence-electron chi connectivity index (χ1n) is 13.1. The van der Waals surface area contributed by atoms with E-state index in [1.54, 1.807) is 0 Å². The summed E-state index contributed by atoms with van der Waals surface area (Å²) in [5, 5.41) is 17.3. The third-order valence-corrected chi connectivity index (χ3v) is 7.40. The predicted octanol–water partition coefficient (Wildman–Crippen LogP) is 8.04. The van der Waals surface area contributed by atoms with Gasteiger partial charge in [-0.3, -0.25) is 0 Å². The van der Waals surface area contributed by atoms with Crippen LogP contribution in [0.25, 0.3) is 43.6 Å². The van der Waals surface area contributed by atoms with E-state index in [-0.39, 0.29) is 24.3 Å². The molecule has 0 amide bonds. The number of ether oxygens (including phenoxy) is 2. The molecule has 0 heterocycles. The van der Waals surface area contributed by atoms with Crippen LogP contribution in [0.5, 0.6) is 11.5 Å². The van der Waals surface area contributed by atoms with Crippen molar-refractivity contribution in [2.75, 3.05) is 0 Å². The zero-order valence-corrected chi connectivity index (χ0v) is 23.9. The molecular formula is C32H8F12N4O2. The number of fused-ring (bicyclic) bond motifs is 2. The summed E-state index contributed by atoms with van der Waals surface area (Å²) in [6, 6.07) is 3.72. The Morgan fingerprint density at radius 2 is 0.960 bits per heavy atom. The molecule has 3 aromatic rings. The minimum atomic E-state index is -5.59. The minimum Gasteiger partial charge on any atom is -0.399 e. The van der Waals surface area contributed by atoms with Crippen molar-refractivity contribution in [3.8, 4) is 45.9 Å². The lowest BCUT2D eigenvalue weighted by Gasteiger charge is -2.18. The Hall–Kier alpha value is -6.40. The van der Waals surface area contributed by atoms with E-state index in [2.05, 4.69) is 19.2 Å². The van der Waals surface area contributed by atoms with Gasteiger partial charge in [-0.05, 0) is 57.6 Å². The topological polar surface area (TPSA) is 74.8 Å². The van der Waals surface area contributed by atoms with E-state index >= 15 is 26.3 Å². The highest BCUT2D eigenvalue weighted by Crippen LogP contribution is 2.42. The second-order valence-corrected chi connectivity index (χ2v) is 10.2. The fourth-order valence-corrected chi connectivity index (χ4v) is 5.67. The van der Waals surface area contributed by atoms with Crippen molar-refractivity contribution in [1.29, 1.82) is 10.5 Å². The molecule has 0 bridgehead atoms. The third-order valence-electron chi connectivity index (χ3n) is 7.40. The molecule has 0 aromatic heterocycles. The molecule has 0 radical (unpaired) electrons. The Bertz CT molecular complexity index is 2170. The van der Waals surface area contributed by atoms with Crippen LogP contribution < -0.4 is 19.9 Å². The number of benzene rings is 3. The molecule has 0 N–H and O–H groups in total. The van der Waals surface area contributed by atoms with Crippen LogP contribution >= 0.6 is 0 Å². The lowest BCUT2D eigenvalue weighted by atomic mass is 9.87. The fourth-order valence-electron chi connectivity index (χ4n) is 5.67. The van der Waals surface area contributed by atoms with Gasteiger partial charge in [-0.25, -0.2) is 26.3 Å². The SMILES string of the molecule is [C-]#[N+]C([N+]#[C-])=C1Cc2c(-c3cc(F)c(OC(F)(F)F)c(F)c3)c3c(c(-c4cc(F)c(OC(F)(F)F)c(F)c4)c2=C1F)CC(=C(C#N)C#N)C=3F. The lowest BCUT2D eigenvalue weighted by molar-refractivity contribution is -0.277. The number of rotatable bonds is 4. The molecule has 2 aliphatic carbocycles. The highest BCUT2D eigenvalue weighted by molar-refractivity contribution is 5.90. The first kappa shape index (κ1) is 34.9. The number of nitrogens with zero attached hydrogens (tertiary/aromatic N) is 4. The van der Waals surface area contributed by atoms with Crippen LogP contribution in [0.4, 0.5) is 52.7 Å². The highest BCUT2D eigenvalue weighted by atomic mass is 19.4. The number of nitriles is 2. The molecule has 3 aromatic carbocycles. The zero-order valence-electron chi connectivity index (χ0n) is 23.9. The Kier molecular flexibility index (Phi) is 8.55. The summed E-state index contributed by atoms with van der Waals surface area (Å²) in [4.78, 5) is 5.79. The molecule has 0 fully saturated rings. The van der Waals surface area contributed by atoms with Crippen molar-refractivity contribution >= 4 is 11.7 Å². The van der Waals surface area contributed by atoms with Gasteiger partial charge in [0, 0.05) is 28.9 Å². The molecule has 0 atom stereocenters. The highest BCUT2D eigenvalue weighted by Gasteiger charge is 2.39. The predicted molar refractivity (Wildman–Crippen MR) is 145 cm³/mol. The first-order valence-corrected chi connectivity index (χ1v) is 13.1. The standard InChI is InChI=1S/C32H8F12N4O2/c1-47-30(48-2)17-8-16-23(12-5-20(35)29(21(36)6-12)50-32(42,43)44)24-15(7-14(26(24)37)13(9-45)10-46)22(25(16)27(17)38)11-3-18(33)28(19(34)4-11)49-31(39,40)41/h3-6H,7-8H2. The molecule has 2 aliphatic rings. The van der Waals surface area contributed by atoms with Crippen molar-refractivity contribution in [1.82, 2.24) is 0 Å². The normalized spacial score (nSPS) is 13.6. The van der Waals surface area contributed by atoms with Crippen molar-refractivity contribution in [2.45, 2.75) is 25.6 Å². The van der Waals surface area contributed by atoms with Gasteiger partial charge in [0.05, 0.1) is 5.57 Å². The summed E-state index contributed by atoms with van der Waals surface area (Å²) in [6.45, 7) is 14.5. The van der Waals surface area contributed by atoms with Crippen LogP contribution in [0.2, 0.25) is 0 Å². The van der Waals surface area contributed by atoms with E-state index in [0.29, 0.717) is 0 Å². The third kappa shape index (κ3) is 5.92. The summed E-state index contributed by atoms with van der Waals surface area (Å²) < 4.78 is 177. The van der Waals surface area contributed by atoms with Crippen LogP contribution in [0.15, 0.2) is 46.8 Å². The van der Waals surface area contributed by atoms with Gasteiger partial charge in [-0.1, -0.05) is 0 Å². The largest absolute Gasteiger partial charge is 0.573 e. The molecule has 5 rings (SSSR count). The van der Waals surface area contributed by atoms with Gasteiger partial charge in [0.2, 0.25) is 11.5 Å². The number of halogens is 12. The molecule has 0 spiro atoms. The van der Waals surface area contributed by atoms with Gasteiger partial charge in [0.15, 0.2) is 23.3 Å². The summed E-state index contributed by atoms with van der Waals surface area (Å²) >= 11 is 0. The Labute approximate surface area is 270 Å². The molecule has 252 valence electrons. The maximum Gasteiger partial charge on any atom is 0.573 e. The van der Waals surface area contributed by atoms with Crippen LogP contribution in [0.1, 0.15) is 11.1 Å².